The van der Waals surface area contributed by atoms with Gasteiger partial charge in [-0.15, -0.1) is 0 Å². The molecule has 1 aliphatic carbocycles. The van der Waals surface area contributed by atoms with Crippen LogP contribution in [0, 0.1) is 0 Å². The first-order valence-corrected chi connectivity index (χ1v) is 13.4. The molecule has 1 aromatic heterocycles. The zero-order valence-corrected chi connectivity index (χ0v) is 21.6. The number of amides is 1. The first-order chi connectivity index (χ1) is 18.1. The van der Waals surface area contributed by atoms with E-state index < -0.39 is 11.9 Å². The molecule has 190 valence electrons. The average molecular weight is 515 g/mol. The molecule has 37 heavy (non-hydrogen) atoms. The molecule has 0 saturated heterocycles. The molecule has 0 spiro atoms. The third kappa shape index (κ3) is 6.03. The maximum atomic E-state index is 13.2. The van der Waals surface area contributed by atoms with E-state index in [0.29, 0.717) is 23.0 Å². The molecule has 3 aromatic rings. The van der Waals surface area contributed by atoms with Crippen molar-refractivity contribution in [2.24, 2.45) is 0 Å². The summed E-state index contributed by atoms with van der Waals surface area (Å²) in [4.78, 5) is 33.7. The molecule has 0 atom stereocenters. The number of esters is 1. The third-order valence-corrected chi connectivity index (χ3v) is 7.65. The first-order valence-electron chi connectivity index (χ1n) is 12.6. The van der Waals surface area contributed by atoms with E-state index in [-0.39, 0.29) is 11.5 Å². The number of hydrogen-bond donors (Lipinski definition) is 2. The van der Waals surface area contributed by atoms with Crippen molar-refractivity contribution >= 4 is 35.4 Å². The van der Waals surface area contributed by atoms with E-state index in [4.69, 9.17) is 4.74 Å². The fourth-order valence-corrected chi connectivity index (χ4v) is 5.55. The van der Waals surface area contributed by atoms with Gasteiger partial charge in [0.05, 0.1) is 5.56 Å². The van der Waals surface area contributed by atoms with Gasteiger partial charge in [-0.05, 0) is 73.8 Å². The smallest absolute Gasteiger partial charge is 0.343 e. The minimum atomic E-state index is -0.520. The lowest BCUT2D eigenvalue weighted by molar-refractivity contribution is -0.113. The summed E-state index contributed by atoms with van der Waals surface area (Å²) in [7, 11) is 2.17. The lowest BCUT2D eigenvalue weighted by atomic mass is 9.94. The Labute approximate surface area is 221 Å². The molecule has 8 heteroatoms. The number of hydrogen-bond acceptors (Lipinski definition) is 7. The number of nitrogens with zero attached hydrogens (tertiary/aromatic N) is 2. The van der Waals surface area contributed by atoms with Crippen molar-refractivity contribution in [2.45, 2.75) is 49.6 Å². The van der Waals surface area contributed by atoms with E-state index in [1.807, 2.05) is 36.4 Å². The number of aromatic nitrogens is 1. The molecule has 1 amide bonds. The molecule has 0 bridgehead atoms. The van der Waals surface area contributed by atoms with Gasteiger partial charge >= 0.3 is 5.97 Å². The van der Waals surface area contributed by atoms with Crippen molar-refractivity contribution in [1.82, 2.24) is 14.6 Å². The van der Waals surface area contributed by atoms with Gasteiger partial charge in [-0.25, -0.2) is 9.78 Å². The van der Waals surface area contributed by atoms with Gasteiger partial charge in [-0.1, -0.05) is 49.6 Å². The Morgan fingerprint density at radius 1 is 1.03 bits per heavy atom. The number of benzene rings is 2. The Morgan fingerprint density at radius 2 is 1.78 bits per heavy atom. The van der Waals surface area contributed by atoms with Crippen molar-refractivity contribution in [1.29, 1.82) is 0 Å². The summed E-state index contributed by atoms with van der Waals surface area (Å²) in [6.45, 7) is 0.845. The van der Waals surface area contributed by atoms with Crippen LogP contribution in [0.3, 0.4) is 0 Å². The maximum absolute atomic E-state index is 13.2. The molecular formula is C29H30N4O3S. The molecule has 0 unspecified atom stereocenters. The second-order valence-electron chi connectivity index (χ2n) is 9.37. The van der Waals surface area contributed by atoms with Crippen molar-refractivity contribution in [3.05, 3.63) is 95.3 Å². The molecule has 2 heterocycles. The summed E-state index contributed by atoms with van der Waals surface area (Å²) in [5, 5.41) is 2.76. The third-order valence-electron chi connectivity index (χ3n) is 6.77. The fourth-order valence-electron chi connectivity index (χ4n) is 4.74. The summed E-state index contributed by atoms with van der Waals surface area (Å²) < 4.78 is 8.90. The van der Waals surface area contributed by atoms with E-state index in [0.717, 1.165) is 17.0 Å². The number of nitrogens with one attached hydrogen (secondary N) is 2. The maximum Gasteiger partial charge on any atom is 0.343 e. The van der Waals surface area contributed by atoms with Crippen LogP contribution in [0.2, 0.25) is 0 Å². The van der Waals surface area contributed by atoms with Crippen LogP contribution >= 0.6 is 11.9 Å². The highest BCUT2D eigenvalue weighted by Gasteiger charge is 2.28. The standard InChI is InChI=1S/C29H30N4O3S/c1-33(22-9-3-2-4-10-22)19-20-14-16-21(17-15-20)29(35)36-27-23-11-5-6-12-24(23)37-32-26(27)28(34)31-25-13-7-8-18-30-25/h5-8,11-18,22,32H,2-4,9-10,19H2,1H3,(H,30,31,34). The minimum absolute atomic E-state index is 0.161. The number of fused-ring (bicyclic) bond motifs is 1. The molecule has 2 aliphatic rings. The summed E-state index contributed by atoms with van der Waals surface area (Å²) in [5.41, 5.74) is 2.42. The summed E-state index contributed by atoms with van der Waals surface area (Å²) >= 11 is 1.30. The largest absolute Gasteiger partial charge is 0.420 e. The second-order valence-corrected chi connectivity index (χ2v) is 10.2. The van der Waals surface area contributed by atoms with Crippen molar-refractivity contribution in [2.75, 3.05) is 12.4 Å². The number of pyridine rings is 1. The van der Waals surface area contributed by atoms with Gasteiger partial charge in [0.2, 0.25) is 0 Å². The SMILES string of the molecule is CN(Cc1ccc(C(=O)OC2=C(C(=O)Nc3ccccn3)NSc3ccccc32)cc1)C1CCCCC1. The highest BCUT2D eigenvalue weighted by Crippen LogP contribution is 2.35. The minimum Gasteiger partial charge on any atom is -0.420 e. The Bertz CT molecular complexity index is 1290. The van der Waals surface area contributed by atoms with Gasteiger partial charge in [0.15, 0.2) is 11.5 Å². The molecule has 0 radical (unpaired) electrons. The van der Waals surface area contributed by atoms with Gasteiger partial charge in [0.1, 0.15) is 5.82 Å². The van der Waals surface area contributed by atoms with Crippen LogP contribution in [-0.2, 0) is 16.1 Å². The Morgan fingerprint density at radius 3 is 2.54 bits per heavy atom. The topological polar surface area (TPSA) is 83.6 Å². The number of anilines is 1. The average Bonchev–Trinajstić information content (AvgIpc) is 2.94. The van der Waals surface area contributed by atoms with Crippen LogP contribution in [0.1, 0.15) is 53.6 Å². The predicted molar refractivity (Wildman–Crippen MR) is 145 cm³/mol. The van der Waals surface area contributed by atoms with E-state index in [9.17, 15) is 9.59 Å². The fraction of sp³-hybridized carbons (Fsp3) is 0.276. The molecule has 1 fully saturated rings. The highest BCUT2D eigenvalue weighted by atomic mass is 32.2. The first kappa shape index (κ1) is 25.0. The number of carbonyl (C=O) groups is 2. The molecule has 2 aromatic carbocycles. The van der Waals surface area contributed by atoms with Gasteiger partial charge in [0.25, 0.3) is 5.91 Å². The Hall–Kier alpha value is -3.62. The molecule has 5 rings (SSSR count). The number of ether oxygens (including phenoxy) is 1. The Balaban J connectivity index is 1.33. The monoisotopic (exact) mass is 514 g/mol. The van der Waals surface area contributed by atoms with Crippen LogP contribution < -0.4 is 10.0 Å². The van der Waals surface area contributed by atoms with Crippen LogP contribution in [0.15, 0.2) is 83.5 Å². The zero-order valence-electron chi connectivity index (χ0n) is 20.8. The summed E-state index contributed by atoms with van der Waals surface area (Å²) in [6.07, 6.45) is 8.03. The van der Waals surface area contributed by atoms with Crippen LogP contribution in [0.25, 0.3) is 5.76 Å². The van der Waals surface area contributed by atoms with Gasteiger partial charge in [0, 0.05) is 29.2 Å². The van der Waals surface area contributed by atoms with Crippen LogP contribution in [0.4, 0.5) is 5.82 Å². The van der Waals surface area contributed by atoms with E-state index in [1.54, 1.807) is 36.5 Å². The zero-order chi connectivity index (χ0) is 25.6. The van der Waals surface area contributed by atoms with E-state index >= 15 is 0 Å². The number of carbonyl (C=O) groups excluding carboxylic acids is 2. The van der Waals surface area contributed by atoms with Gasteiger partial charge < -0.3 is 14.8 Å². The lowest BCUT2D eigenvalue weighted by Gasteiger charge is -2.31. The summed E-state index contributed by atoms with van der Waals surface area (Å²) in [5.74, 6) is -0.363. The normalized spacial score (nSPS) is 15.6. The van der Waals surface area contributed by atoms with Gasteiger partial charge in [-0.2, -0.15) is 0 Å². The van der Waals surface area contributed by atoms with Crippen molar-refractivity contribution in [3.8, 4) is 0 Å². The van der Waals surface area contributed by atoms with E-state index in [1.165, 1.54) is 44.1 Å². The summed E-state index contributed by atoms with van der Waals surface area (Å²) in [6, 6.07) is 20.9. The number of rotatable bonds is 7. The molecule has 1 saturated carbocycles. The van der Waals surface area contributed by atoms with Gasteiger partial charge in [-0.3, -0.25) is 9.69 Å². The van der Waals surface area contributed by atoms with Crippen LogP contribution in [-0.4, -0.2) is 34.8 Å². The quantitative estimate of drug-likeness (QED) is 0.313. The predicted octanol–water partition coefficient (Wildman–Crippen LogP) is 5.62. The van der Waals surface area contributed by atoms with E-state index in [2.05, 4.69) is 27.0 Å². The van der Waals surface area contributed by atoms with Crippen molar-refractivity contribution in [3.63, 3.8) is 0 Å². The molecule has 1 aliphatic heterocycles. The molecular weight excluding hydrogens is 484 g/mol. The highest BCUT2D eigenvalue weighted by molar-refractivity contribution is 7.97. The molecule has 2 N–H and O–H groups in total. The molecule has 7 nitrogen and oxygen atoms in total. The van der Waals surface area contributed by atoms with Crippen molar-refractivity contribution < 1.29 is 14.3 Å². The second kappa shape index (κ2) is 11.6. The Kier molecular flexibility index (Phi) is 7.87. The van der Waals surface area contributed by atoms with Crippen LogP contribution in [0.5, 0.6) is 0 Å². The lowest BCUT2D eigenvalue weighted by Crippen LogP contribution is -2.32.